The van der Waals surface area contributed by atoms with Gasteiger partial charge in [-0.25, -0.2) is 13.6 Å². The standard InChI is InChI=1S/C11H19N3O3S/c1-5-8(11(4,15)18(14,16)17)6(2)10(13)7(3)9(5)12/h15H,12-13H2,1-4H3,(H2,14,16,17). The van der Waals surface area contributed by atoms with Crippen LogP contribution in [0, 0.1) is 20.8 Å². The molecule has 0 fully saturated rings. The highest BCUT2D eigenvalue weighted by Crippen LogP contribution is 2.38. The number of sulfonamides is 1. The van der Waals surface area contributed by atoms with E-state index in [1.54, 1.807) is 20.8 Å². The number of benzene rings is 1. The maximum atomic E-state index is 11.5. The molecule has 0 aliphatic carbocycles. The zero-order valence-corrected chi connectivity index (χ0v) is 11.7. The van der Waals surface area contributed by atoms with Crippen molar-refractivity contribution in [2.75, 3.05) is 11.5 Å². The lowest BCUT2D eigenvalue weighted by molar-refractivity contribution is 0.143. The molecule has 0 amide bonds. The fourth-order valence-electron chi connectivity index (χ4n) is 2.10. The molecule has 0 radical (unpaired) electrons. The largest absolute Gasteiger partial charge is 0.398 e. The predicted octanol–water partition coefficient (Wildman–Crippen LogP) is 0.230. The summed E-state index contributed by atoms with van der Waals surface area (Å²) < 4.78 is 23.0. The molecule has 0 saturated carbocycles. The van der Waals surface area contributed by atoms with Gasteiger partial charge in [0, 0.05) is 16.9 Å². The molecule has 7 N–H and O–H groups in total. The Hall–Kier alpha value is -1.31. The molecule has 1 aromatic carbocycles. The van der Waals surface area contributed by atoms with Crippen LogP contribution in [0.15, 0.2) is 0 Å². The summed E-state index contributed by atoms with van der Waals surface area (Å²) in [6.07, 6.45) is 0. The summed E-state index contributed by atoms with van der Waals surface area (Å²) in [5.74, 6) is 0. The first-order chi connectivity index (χ1) is 7.93. The molecule has 1 atom stereocenters. The Bertz CT molecular complexity index is 577. The maximum Gasteiger partial charge on any atom is 0.243 e. The molecule has 0 bridgehead atoms. The SMILES string of the molecule is Cc1c(N)c(C)c(C(C)(O)S(N)(=O)=O)c(C)c1N. The lowest BCUT2D eigenvalue weighted by Gasteiger charge is -2.28. The van der Waals surface area contributed by atoms with E-state index in [4.69, 9.17) is 16.6 Å². The fraction of sp³-hybridized carbons (Fsp3) is 0.455. The average molecular weight is 273 g/mol. The van der Waals surface area contributed by atoms with Crippen LogP contribution in [0.1, 0.15) is 29.2 Å². The lowest BCUT2D eigenvalue weighted by atomic mass is 9.92. The number of aliphatic hydroxyl groups is 1. The van der Waals surface area contributed by atoms with E-state index in [2.05, 4.69) is 0 Å². The van der Waals surface area contributed by atoms with E-state index in [1.807, 2.05) is 0 Å². The summed E-state index contributed by atoms with van der Waals surface area (Å²) in [5.41, 5.74) is 14.2. The number of primary sulfonamides is 1. The molecule has 0 spiro atoms. The van der Waals surface area contributed by atoms with Gasteiger partial charge in [-0.1, -0.05) is 0 Å². The molecule has 0 aliphatic rings. The van der Waals surface area contributed by atoms with Crippen LogP contribution in [0.25, 0.3) is 0 Å². The monoisotopic (exact) mass is 273 g/mol. The second kappa shape index (κ2) is 4.11. The van der Waals surface area contributed by atoms with Gasteiger partial charge in [0.15, 0.2) is 0 Å². The van der Waals surface area contributed by atoms with E-state index in [-0.39, 0.29) is 5.56 Å². The first-order valence-corrected chi connectivity index (χ1v) is 6.87. The highest BCUT2D eigenvalue weighted by Gasteiger charge is 2.39. The van der Waals surface area contributed by atoms with Crippen LogP contribution in [0.4, 0.5) is 11.4 Å². The van der Waals surface area contributed by atoms with Gasteiger partial charge >= 0.3 is 0 Å². The van der Waals surface area contributed by atoms with Crippen molar-refractivity contribution in [2.24, 2.45) is 5.14 Å². The van der Waals surface area contributed by atoms with E-state index >= 15 is 0 Å². The second-order valence-corrected chi connectivity index (χ2v) is 6.49. The molecule has 0 aromatic heterocycles. The summed E-state index contributed by atoms with van der Waals surface area (Å²) in [7, 11) is -4.20. The molecular formula is C11H19N3O3S. The first kappa shape index (κ1) is 14.7. The quantitative estimate of drug-likeness (QED) is 0.572. The summed E-state index contributed by atoms with van der Waals surface area (Å²) in [6, 6.07) is 0. The van der Waals surface area contributed by atoms with E-state index < -0.39 is 15.0 Å². The van der Waals surface area contributed by atoms with Gasteiger partial charge in [0.2, 0.25) is 15.0 Å². The van der Waals surface area contributed by atoms with Crippen molar-refractivity contribution in [1.29, 1.82) is 0 Å². The predicted molar refractivity (Wildman–Crippen MR) is 72.2 cm³/mol. The molecule has 102 valence electrons. The van der Waals surface area contributed by atoms with Crippen LogP contribution in [0.2, 0.25) is 0 Å². The zero-order chi connectivity index (χ0) is 14.5. The number of rotatable bonds is 2. The maximum absolute atomic E-state index is 11.5. The normalized spacial score (nSPS) is 15.4. The van der Waals surface area contributed by atoms with E-state index in [0.717, 1.165) is 6.92 Å². The molecule has 1 rings (SSSR count). The lowest BCUT2D eigenvalue weighted by Crippen LogP contribution is -2.39. The Kier molecular flexibility index (Phi) is 3.37. The zero-order valence-electron chi connectivity index (χ0n) is 10.9. The van der Waals surface area contributed by atoms with Gasteiger partial charge in [0.05, 0.1) is 0 Å². The van der Waals surface area contributed by atoms with Crippen molar-refractivity contribution in [1.82, 2.24) is 0 Å². The number of anilines is 2. The van der Waals surface area contributed by atoms with Crippen LogP contribution >= 0.6 is 0 Å². The third kappa shape index (κ3) is 1.94. The third-order valence-corrected chi connectivity index (χ3v) is 4.70. The Balaban J connectivity index is 3.84. The highest BCUT2D eigenvalue weighted by atomic mass is 32.2. The Morgan fingerprint density at radius 1 is 1.00 bits per heavy atom. The van der Waals surface area contributed by atoms with Gasteiger partial charge in [-0.2, -0.15) is 0 Å². The fourth-order valence-corrected chi connectivity index (χ4v) is 2.69. The van der Waals surface area contributed by atoms with Crippen molar-refractivity contribution in [3.8, 4) is 0 Å². The number of nitrogen functional groups attached to an aromatic ring is 2. The molecule has 6 nitrogen and oxygen atoms in total. The Morgan fingerprint density at radius 3 is 1.61 bits per heavy atom. The van der Waals surface area contributed by atoms with E-state index in [1.165, 1.54) is 0 Å². The minimum Gasteiger partial charge on any atom is -0.398 e. The van der Waals surface area contributed by atoms with Crippen molar-refractivity contribution < 1.29 is 13.5 Å². The average Bonchev–Trinajstić information content (AvgIpc) is 2.22. The van der Waals surface area contributed by atoms with E-state index in [9.17, 15) is 13.5 Å². The minimum absolute atomic E-state index is 0.144. The van der Waals surface area contributed by atoms with Crippen LogP contribution in [-0.2, 0) is 15.0 Å². The van der Waals surface area contributed by atoms with Crippen LogP contribution in [0.3, 0.4) is 0 Å². The first-order valence-electron chi connectivity index (χ1n) is 5.32. The van der Waals surface area contributed by atoms with Crippen LogP contribution < -0.4 is 16.6 Å². The number of hydrogen-bond acceptors (Lipinski definition) is 5. The van der Waals surface area contributed by atoms with Gasteiger partial charge in [0.1, 0.15) is 0 Å². The summed E-state index contributed by atoms with van der Waals surface area (Å²) in [5, 5.41) is 15.3. The molecule has 1 unspecified atom stereocenters. The van der Waals surface area contributed by atoms with E-state index in [0.29, 0.717) is 28.1 Å². The van der Waals surface area contributed by atoms with Gasteiger partial charge in [-0.3, -0.25) is 0 Å². The van der Waals surface area contributed by atoms with Crippen molar-refractivity contribution in [3.63, 3.8) is 0 Å². The van der Waals surface area contributed by atoms with Crippen molar-refractivity contribution >= 4 is 21.4 Å². The summed E-state index contributed by atoms with van der Waals surface area (Å²) in [4.78, 5) is -2.23. The Morgan fingerprint density at radius 2 is 1.33 bits per heavy atom. The molecule has 7 heteroatoms. The second-order valence-electron chi connectivity index (χ2n) is 4.61. The minimum atomic E-state index is -4.20. The molecule has 18 heavy (non-hydrogen) atoms. The molecule has 0 saturated heterocycles. The Labute approximate surface area is 107 Å². The highest BCUT2D eigenvalue weighted by molar-refractivity contribution is 7.89. The third-order valence-electron chi connectivity index (χ3n) is 3.38. The van der Waals surface area contributed by atoms with Crippen molar-refractivity contribution in [3.05, 3.63) is 22.3 Å². The molecule has 0 heterocycles. The van der Waals surface area contributed by atoms with Crippen LogP contribution in [-0.4, -0.2) is 13.5 Å². The van der Waals surface area contributed by atoms with Crippen molar-refractivity contribution in [2.45, 2.75) is 32.6 Å². The summed E-state index contributed by atoms with van der Waals surface area (Å²) in [6.45, 7) is 6.11. The van der Waals surface area contributed by atoms with Crippen LogP contribution in [0.5, 0.6) is 0 Å². The topological polar surface area (TPSA) is 132 Å². The van der Waals surface area contributed by atoms with Gasteiger partial charge < -0.3 is 16.6 Å². The summed E-state index contributed by atoms with van der Waals surface area (Å²) >= 11 is 0. The smallest absolute Gasteiger partial charge is 0.243 e. The van der Waals surface area contributed by atoms with Gasteiger partial charge in [-0.05, 0) is 44.4 Å². The molecule has 1 aromatic rings. The molecular weight excluding hydrogens is 254 g/mol. The number of hydrogen-bond donors (Lipinski definition) is 4. The number of nitrogens with two attached hydrogens (primary N) is 3. The van der Waals surface area contributed by atoms with Gasteiger partial charge in [0.25, 0.3) is 0 Å². The van der Waals surface area contributed by atoms with Gasteiger partial charge in [-0.15, -0.1) is 0 Å². The molecule has 0 aliphatic heterocycles.